The molecule has 1 amide bonds. The van der Waals surface area contributed by atoms with Gasteiger partial charge in [0.2, 0.25) is 5.88 Å². The molecule has 1 N–H and O–H groups in total. The zero-order chi connectivity index (χ0) is 21.7. The Labute approximate surface area is 166 Å². The van der Waals surface area contributed by atoms with Crippen molar-refractivity contribution in [3.63, 3.8) is 0 Å². The lowest BCUT2D eigenvalue weighted by Gasteiger charge is -2.12. The summed E-state index contributed by atoms with van der Waals surface area (Å²) >= 11 is 0. The van der Waals surface area contributed by atoms with E-state index in [4.69, 9.17) is 0 Å². The number of nitro groups is 1. The number of carbonyl (C=O) groups excluding carboxylic acids is 1. The zero-order valence-corrected chi connectivity index (χ0v) is 15.0. The normalized spacial score (nSPS) is 11.2. The van der Waals surface area contributed by atoms with Crippen molar-refractivity contribution in [1.29, 1.82) is 0 Å². The molecule has 0 bridgehead atoms. The number of hydrogen-bond acceptors (Lipinski definition) is 7. The lowest BCUT2D eigenvalue weighted by atomic mass is 10.1. The average molecular weight is 422 g/mol. The van der Waals surface area contributed by atoms with Gasteiger partial charge < -0.3 is 10.1 Å². The van der Waals surface area contributed by atoms with Crippen molar-refractivity contribution in [1.82, 2.24) is 25.1 Å². The summed E-state index contributed by atoms with van der Waals surface area (Å²) in [5.41, 5.74) is -0.0658. The van der Waals surface area contributed by atoms with Gasteiger partial charge in [0.25, 0.3) is 11.6 Å². The molecular weight excluding hydrogens is 409 g/mol. The summed E-state index contributed by atoms with van der Waals surface area (Å²) in [7, 11) is 0. The molecule has 0 saturated heterocycles. The number of halogens is 3. The van der Waals surface area contributed by atoms with Crippen LogP contribution >= 0.6 is 0 Å². The van der Waals surface area contributed by atoms with E-state index in [-0.39, 0.29) is 34.9 Å². The first-order valence-corrected chi connectivity index (χ1v) is 8.29. The largest absolute Gasteiger partial charge is 0.468 e. The van der Waals surface area contributed by atoms with Gasteiger partial charge in [-0.05, 0) is 18.2 Å². The number of aromatic nitrogens is 4. The Balaban J connectivity index is 1.74. The zero-order valence-electron chi connectivity index (χ0n) is 15.0. The Kier molecular flexibility index (Phi) is 5.90. The number of rotatable bonds is 7. The van der Waals surface area contributed by atoms with E-state index in [1.807, 2.05) is 0 Å². The van der Waals surface area contributed by atoms with E-state index in [0.29, 0.717) is 0 Å². The Morgan fingerprint density at radius 3 is 2.77 bits per heavy atom. The highest BCUT2D eigenvalue weighted by Gasteiger charge is 2.29. The second kappa shape index (κ2) is 8.55. The van der Waals surface area contributed by atoms with Crippen LogP contribution in [0.25, 0.3) is 5.69 Å². The van der Waals surface area contributed by atoms with E-state index in [1.54, 1.807) is 0 Å². The molecule has 0 aliphatic carbocycles. The molecule has 3 aromatic rings. The molecule has 0 fully saturated rings. The summed E-state index contributed by atoms with van der Waals surface area (Å²) in [4.78, 5) is 30.6. The van der Waals surface area contributed by atoms with Gasteiger partial charge in [0, 0.05) is 29.9 Å². The molecule has 0 radical (unpaired) electrons. The van der Waals surface area contributed by atoms with E-state index in [0.717, 1.165) is 6.07 Å². The number of amides is 1. The quantitative estimate of drug-likeness (QED) is 0.458. The van der Waals surface area contributed by atoms with E-state index >= 15 is 0 Å². The van der Waals surface area contributed by atoms with Crippen LogP contribution in [0.5, 0.6) is 5.88 Å². The molecule has 0 spiro atoms. The van der Waals surface area contributed by atoms with Gasteiger partial charge >= 0.3 is 6.18 Å². The van der Waals surface area contributed by atoms with Crippen molar-refractivity contribution in [2.24, 2.45) is 0 Å². The number of nitro benzene ring substituents is 1. The first-order chi connectivity index (χ1) is 14.2. The number of nitrogens with one attached hydrogen (secondary N) is 1. The minimum Gasteiger partial charge on any atom is -0.468 e. The van der Waals surface area contributed by atoms with Crippen LogP contribution in [-0.4, -0.2) is 43.4 Å². The fourth-order valence-electron chi connectivity index (χ4n) is 2.45. The third-order valence-electron chi connectivity index (χ3n) is 3.76. The van der Waals surface area contributed by atoms with Crippen LogP contribution in [0.4, 0.5) is 18.9 Å². The third-order valence-corrected chi connectivity index (χ3v) is 3.76. The summed E-state index contributed by atoms with van der Waals surface area (Å²) in [6.45, 7) is -1.72. The molecule has 0 aliphatic heterocycles. The molecule has 0 aliphatic rings. The molecule has 10 nitrogen and oxygen atoms in total. The van der Waals surface area contributed by atoms with Crippen molar-refractivity contribution in [2.45, 2.75) is 12.7 Å². The highest BCUT2D eigenvalue weighted by molar-refractivity contribution is 5.95. The summed E-state index contributed by atoms with van der Waals surface area (Å²) in [5.74, 6) is -0.948. The second-order valence-electron chi connectivity index (χ2n) is 5.85. The Morgan fingerprint density at radius 1 is 1.30 bits per heavy atom. The van der Waals surface area contributed by atoms with Crippen molar-refractivity contribution in [3.05, 3.63) is 70.4 Å². The van der Waals surface area contributed by atoms with Gasteiger partial charge in [0.1, 0.15) is 18.3 Å². The van der Waals surface area contributed by atoms with E-state index in [1.165, 1.54) is 47.8 Å². The lowest BCUT2D eigenvalue weighted by Crippen LogP contribution is -2.24. The molecule has 0 atom stereocenters. The Morgan fingerprint density at radius 2 is 2.10 bits per heavy atom. The molecule has 1 aromatic carbocycles. The molecule has 13 heteroatoms. The third kappa shape index (κ3) is 5.06. The minimum absolute atomic E-state index is 0.0211. The van der Waals surface area contributed by atoms with Gasteiger partial charge in [-0.25, -0.2) is 14.6 Å². The SMILES string of the molecule is O=C(NCc1cccnc1OCC(F)(F)F)c1ccc(-n2cncn2)c([N+](=O)[O-])c1. The van der Waals surface area contributed by atoms with Gasteiger partial charge in [0.15, 0.2) is 6.61 Å². The predicted molar refractivity (Wildman–Crippen MR) is 95.0 cm³/mol. The first-order valence-electron chi connectivity index (χ1n) is 8.29. The molecule has 156 valence electrons. The molecule has 30 heavy (non-hydrogen) atoms. The molecule has 2 heterocycles. The highest BCUT2D eigenvalue weighted by Crippen LogP contribution is 2.24. The lowest BCUT2D eigenvalue weighted by molar-refractivity contribution is -0.384. The Hall–Kier alpha value is -4.03. The molecule has 2 aromatic heterocycles. The highest BCUT2D eigenvalue weighted by atomic mass is 19.4. The maximum absolute atomic E-state index is 12.4. The standard InChI is InChI=1S/C17H13F3N6O4/c18-17(19,20)8-30-16-12(2-1-5-22-16)7-23-15(27)11-3-4-13(14(6-11)26(28)29)25-10-21-9-24-25/h1-6,9-10H,7-8H2,(H,23,27). The maximum atomic E-state index is 12.4. The summed E-state index contributed by atoms with van der Waals surface area (Å²) in [5, 5.41) is 17.7. The summed E-state index contributed by atoms with van der Waals surface area (Å²) in [6, 6.07) is 6.67. The number of alkyl halides is 3. The summed E-state index contributed by atoms with van der Waals surface area (Å²) in [6.07, 6.45) is -0.810. The van der Waals surface area contributed by atoms with Crippen LogP contribution in [-0.2, 0) is 6.54 Å². The van der Waals surface area contributed by atoms with Crippen LogP contribution < -0.4 is 10.1 Å². The van der Waals surface area contributed by atoms with Crippen LogP contribution in [0.15, 0.2) is 49.2 Å². The van der Waals surface area contributed by atoms with Crippen LogP contribution in [0.1, 0.15) is 15.9 Å². The smallest absolute Gasteiger partial charge is 0.422 e. The average Bonchev–Trinajstić information content (AvgIpc) is 3.24. The fraction of sp³-hybridized carbons (Fsp3) is 0.176. The molecular formula is C17H13F3N6O4. The molecule has 3 rings (SSSR count). The van der Waals surface area contributed by atoms with Gasteiger partial charge in [-0.15, -0.1) is 0 Å². The van der Waals surface area contributed by atoms with Crippen molar-refractivity contribution >= 4 is 11.6 Å². The molecule has 0 unspecified atom stereocenters. The molecule has 0 saturated carbocycles. The van der Waals surface area contributed by atoms with Gasteiger partial charge in [-0.2, -0.15) is 18.3 Å². The number of hydrogen-bond donors (Lipinski definition) is 1. The van der Waals surface area contributed by atoms with Crippen LogP contribution in [0.3, 0.4) is 0 Å². The first kappa shape index (κ1) is 20.7. The maximum Gasteiger partial charge on any atom is 0.422 e. The topological polar surface area (TPSA) is 125 Å². The van der Waals surface area contributed by atoms with E-state index in [9.17, 15) is 28.1 Å². The number of nitrogens with zero attached hydrogens (tertiary/aromatic N) is 5. The van der Waals surface area contributed by atoms with Gasteiger partial charge in [-0.3, -0.25) is 14.9 Å². The van der Waals surface area contributed by atoms with Gasteiger partial charge in [0.05, 0.1) is 4.92 Å². The van der Waals surface area contributed by atoms with E-state index < -0.39 is 23.6 Å². The fourth-order valence-corrected chi connectivity index (χ4v) is 2.45. The number of carbonyl (C=O) groups is 1. The van der Waals surface area contributed by atoms with Crippen molar-refractivity contribution in [2.75, 3.05) is 6.61 Å². The Bertz CT molecular complexity index is 1060. The van der Waals surface area contributed by atoms with Crippen LogP contribution in [0, 0.1) is 10.1 Å². The van der Waals surface area contributed by atoms with Gasteiger partial charge in [-0.1, -0.05) is 6.07 Å². The van der Waals surface area contributed by atoms with Crippen molar-refractivity contribution < 1.29 is 27.6 Å². The van der Waals surface area contributed by atoms with Crippen molar-refractivity contribution in [3.8, 4) is 11.6 Å². The summed E-state index contributed by atoms with van der Waals surface area (Å²) < 4.78 is 42.9. The minimum atomic E-state index is -4.54. The number of ether oxygens (including phenoxy) is 1. The van der Waals surface area contributed by atoms with E-state index in [2.05, 4.69) is 25.1 Å². The predicted octanol–water partition coefficient (Wildman–Crippen LogP) is 2.44. The second-order valence-corrected chi connectivity index (χ2v) is 5.85. The number of pyridine rings is 1. The van der Waals surface area contributed by atoms with Crippen LogP contribution in [0.2, 0.25) is 0 Å². The monoisotopic (exact) mass is 422 g/mol. The number of benzene rings is 1.